The van der Waals surface area contributed by atoms with E-state index in [1.54, 1.807) is 6.08 Å². The van der Waals surface area contributed by atoms with E-state index in [4.69, 9.17) is 9.05 Å². The molecular weight excluding hydrogens is 719 g/mol. The van der Waals surface area contributed by atoms with Gasteiger partial charge in [0.05, 0.1) is 39.9 Å². The summed E-state index contributed by atoms with van der Waals surface area (Å²) in [7, 11) is 1.26. The van der Waals surface area contributed by atoms with Crippen LogP contribution in [0.15, 0.2) is 12.2 Å². The number of aliphatic hydroxyl groups excluding tert-OH is 1. The first-order valence-electron chi connectivity index (χ1n) is 24.1. The molecule has 0 heterocycles. The Morgan fingerprint density at radius 3 is 1.32 bits per heavy atom. The van der Waals surface area contributed by atoms with Gasteiger partial charge in [-0.15, -0.1) is 0 Å². The minimum atomic E-state index is -4.56. The predicted octanol–water partition coefficient (Wildman–Crippen LogP) is 12.9. The number of aliphatic hydroxyl groups is 1. The molecule has 0 radical (unpaired) electrons. The van der Waals surface area contributed by atoms with Gasteiger partial charge in [-0.2, -0.15) is 0 Å². The summed E-state index contributed by atoms with van der Waals surface area (Å²) in [6.07, 6.45) is 47.1. The average Bonchev–Trinajstić information content (AvgIpc) is 3.15. The number of hydrogen-bond acceptors (Lipinski definition) is 6. The van der Waals surface area contributed by atoms with Crippen molar-refractivity contribution in [1.29, 1.82) is 0 Å². The highest BCUT2D eigenvalue weighted by Crippen LogP contribution is 2.38. The van der Waals surface area contributed by atoms with E-state index in [-0.39, 0.29) is 19.1 Å². The summed E-state index contributed by atoms with van der Waals surface area (Å²) >= 11 is 0. The van der Waals surface area contributed by atoms with E-state index in [1.807, 2.05) is 34.1 Å². The van der Waals surface area contributed by atoms with E-state index in [9.17, 15) is 19.4 Å². The van der Waals surface area contributed by atoms with Crippen LogP contribution in [0.2, 0.25) is 0 Å². The molecule has 3 unspecified atom stereocenters. The van der Waals surface area contributed by atoms with Gasteiger partial charge in [0.25, 0.3) is 7.82 Å². The molecule has 0 bridgehead atoms. The molecule has 0 aromatic rings. The Balaban J connectivity index is 3.72. The number of phosphoric ester groups is 1. The lowest BCUT2D eigenvalue weighted by atomic mass is 10.0. The van der Waals surface area contributed by atoms with Gasteiger partial charge in [-0.1, -0.05) is 219 Å². The van der Waals surface area contributed by atoms with Crippen LogP contribution >= 0.6 is 7.82 Å². The minimum absolute atomic E-state index is 0.0000396. The van der Waals surface area contributed by atoms with Crippen LogP contribution in [-0.2, 0) is 18.4 Å². The second-order valence-corrected chi connectivity index (χ2v) is 19.2. The molecule has 0 rings (SSSR count). The number of likely N-dealkylation sites (N-methyl/N-ethyl adjacent to an activating group) is 1. The van der Waals surface area contributed by atoms with Crippen molar-refractivity contribution >= 4 is 13.7 Å². The van der Waals surface area contributed by atoms with E-state index in [1.165, 1.54) is 180 Å². The minimum Gasteiger partial charge on any atom is -0.756 e. The van der Waals surface area contributed by atoms with Crippen LogP contribution in [0, 0.1) is 0 Å². The molecule has 0 aromatic heterocycles. The molecule has 0 saturated carbocycles. The average molecular weight is 815 g/mol. The van der Waals surface area contributed by atoms with E-state index in [2.05, 4.69) is 12.2 Å². The predicted molar refractivity (Wildman–Crippen MR) is 238 cm³/mol. The third-order valence-electron chi connectivity index (χ3n) is 11.0. The molecule has 3 atom stereocenters. The van der Waals surface area contributed by atoms with Crippen molar-refractivity contribution in [1.82, 2.24) is 5.32 Å². The van der Waals surface area contributed by atoms with Gasteiger partial charge in [0.2, 0.25) is 5.91 Å². The number of allylic oxidation sites excluding steroid dienone is 1. The van der Waals surface area contributed by atoms with Gasteiger partial charge in [0.1, 0.15) is 13.2 Å². The number of amides is 1. The number of unbranched alkanes of at least 4 members (excludes halogenated alkanes) is 31. The summed E-state index contributed by atoms with van der Waals surface area (Å²) in [5.41, 5.74) is 0. The number of nitrogens with one attached hydrogen (secondary N) is 1. The van der Waals surface area contributed by atoms with E-state index in [0.29, 0.717) is 17.4 Å². The first-order valence-corrected chi connectivity index (χ1v) is 25.5. The Bertz CT molecular complexity index is 927. The maximum Gasteiger partial charge on any atom is 0.268 e. The molecule has 0 aromatic carbocycles. The van der Waals surface area contributed by atoms with Gasteiger partial charge >= 0.3 is 0 Å². The van der Waals surface area contributed by atoms with Gasteiger partial charge < -0.3 is 28.8 Å². The summed E-state index contributed by atoms with van der Waals surface area (Å²) in [4.78, 5) is 24.6. The highest BCUT2D eigenvalue weighted by atomic mass is 31.2. The molecular formula is C47H95N2O6P. The maximum absolute atomic E-state index is 12.4. The topological polar surface area (TPSA) is 108 Å². The molecule has 0 spiro atoms. The fraction of sp³-hybridized carbons (Fsp3) is 0.936. The molecule has 0 fully saturated rings. The number of carbonyl (C=O) groups is 1. The molecule has 2 N–H and O–H groups in total. The van der Waals surface area contributed by atoms with Gasteiger partial charge in [0, 0.05) is 6.42 Å². The van der Waals surface area contributed by atoms with Crippen molar-refractivity contribution in [2.75, 3.05) is 40.9 Å². The van der Waals surface area contributed by atoms with Crippen molar-refractivity contribution in [2.24, 2.45) is 0 Å². The lowest BCUT2D eigenvalue weighted by Crippen LogP contribution is -2.45. The smallest absolute Gasteiger partial charge is 0.268 e. The maximum atomic E-state index is 12.4. The zero-order valence-corrected chi connectivity index (χ0v) is 38.7. The summed E-state index contributed by atoms with van der Waals surface area (Å²) in [5.74, 6) is -0.231. The SMILES string of the molecule is CCCCCCCCCCCCCCCCCCCCCCCCCCCCCCCC/C=C/C(O)C(COP(=O)([O-])OCC[N+](C)(C)C)NC(=O)CCCC. The van der Waals surface area contributed by atoms with Crippen LogP contribution in [0.1, 0.15) is 232 Å². The molecule has 9 heteroatoms. The first-order chi connectivity index (χ1) is 27.0. The Morgan fingerprint density at radius 2 is 0.964 bits per heavy atom. The van der Waals surface area contributed by atoms with Gasteiger partial charge in [0.15, 0.2) is 0 Å². The van der Waals surface area contributed by atoms with Crippen molar-refractivity contribution < 1.29 is 32.9 Å². The fourth-order valence-corrected chi connectivity index (χ4v) is 7.86. The number of phosphoric acid groups is 1. The molecule has 0 aliphatic heterocycles. The Kier molecular flexibility index (Phi) is 39.1. The van der Waals surface area contributed by atoms with Gasteiger partial charge in [-0.05, 0) is 19.3 Å². The quantitative estimate of drug-likeness (QED) is 0.0274. The van der Waals surface area contributed by atoms with Crippen LogP contribution in [0.4, 0.5) is 0 Å². The normalized spacial score (nSPS) is 14.3. The summed E-state index contributed by atoms with van der Waals surface area (Å²) < 4.78 is 22.9. The van der Waals surface area contributed by atoms with Crippen molar-refractivity contribution in [2.45, 2.75) is 244 Å². The highest BCUT2D eigenvalue weighted by Gasteiger charge is 2.23. The molecule has 0 aliphatic rings. The molecule has 0 saturated heterocycles. The number of quaternary nitrogens is 1. The summed E-state index contributed by atoms with van der Waals surface area (Å²) in [5, 5.41) is 13.5. The van der Waals surface area contributed by atoms with Crippen LogP contribution < -0.4 is 10.2 Å². The first kappa shape index (κ1) is 55.2. The monoisotopic (exact) mass is 815 g/mol. The largest absolute Gasteiger partial charge is 0.756 e. The Hall–Kier alpha value is -0.760. The second kappa shape index (κ2) is 39.7. The summed E-state index contributed by atoms with van der Waals surface area (Å²) in [6.45, 7) is 4.41. The second-order valence-electron chi connectivity index (χ2n) is 17.8. The zero-order chi connectivity index (χ0) is 41.4. The van der Waals surface area contributed by atoms with Crippen LogP contribution in [0.5, 0.6) is 0 Å². The van der Waals surface area contributed by atoms with E-state index < -0.39 is 20.0 Å². The van der Waals surface area contributed by atoms with Gasteiger partial charge in [-0.25, -0.2) is 0 Å². The van der Waals surface area contributed by atoms with Crippen molar-refractivity contribution in [3.05, 3.63) is 12.2 Å². The third-order valence-corrected chi connectivity index (χ3v) is 12.0. The fourth-order valence-electron chi connectivity index (χ4n) is 7.13. The van der Waals surface area contributed by atoms with Crippen molar-refractivity contribution in [3.8, 4) is 0 Å². The molecule has 8 nitrogen and oxygen atoms in total. The Morgan fingerprint density at radius 1 is 0.607 bits per heavy atom. The number of hydrogen-bond donors (Lipinski definition) is 2. The van der Waals surface area contributed by atoms with E-state index in [0.717, 1.165) is 32.1 Å². The Labute approximate surface area is 348 Å². The highest BCUT2D eigenvalue weighted by molar-refractivity contribution is 7.45. The molecule has 56 heavy (non-hydrogen) atoms. The third kappa shape index (κ3) is 41.4. The number of carbonyl (C=O) groups excluding carboxylic acids is 1. The summed E-state index contributed by atoms with van der Waals surface area (Å²) in [6, 6.07) is -0.877. The lowest BCUT2D eigenvalue weighted by molar-refractivity contribution is -0.870. The lowest BCUT2D eigenvalue weighted by Gasteiger charge is -2.29. The van der Waals surface area contributed by atoms with Crippen LogP contribution in [0.3, 0.4) is 0 Å². The van der Waals surface area contributed by atoms with Crippen molar-refractivity contribution in [3.63, 3.8) is 0 Å². The standard InChI is InChI=1S/C47H95N2O6P/c1-6-8-10-11-12-13-14-15-16-17-18-19-20-21-22-23-24-25-26-27-28-29-30-31-32-33-34-35-36-37-38-39-40-46(50)45(48-47(51)41-9-7-2)44-55-56(52,53)54-43-42-49(3,4)5/h39-40,45-46,50H,6-38,41-44H2,1-5H3,(H-,48,51,52,53)/b40-39+. The van der Waals surface area contributed by atoms with E-state index >= 15 is 0 Å². The van der Waals surface area contributed by atoms with Gasteiger partial charge in [-0.3, -0.25) is 9.36 Å². The molecule has 334 valence electrons. The number of rotatable bonds is 44. The molecule has 0 aliphatic carbocycles. The van der Waals surface area contributed by atoms with Crippen LogP contribution in [0.25, 0.3) is 0 Å². The number of nitrogens with zero attached hydrogens (tertiary/aromatic N) is 1. The van der Waals surface area contributed by atoms with Crippen LogP contribution in [-0.4, -0.2) is 68.5 Å². The zero-order valence-electron chi connectivity index (χ0n) is 37.9. The molecule has 1 amide bonds.